The summed E-state index contributed by atoms with van der Waals surface area (Å²) in [4.78, 5) is 12.9. The van der Waals surface area contributed by atoms with Crippen LogP contribution in [0.15, 0.2) is 0 Å². The Hall–Kier alpha value is -0.750. The zero-order valence-electron chi connectivity index (χ0n) is 9.16. The van der Waals surface area contributed by atoms with Gasteiger partial charge in [-0.15, -0.1) is 0 Å². The molecule has 0 unspecified atom stereocenters. The van der Waals surface area contributed by atoms with Gasteiger partial charge in [0.15, 0.2) is 0 Å². The van der Waals surface area contributed by atoms with E-state index in [4.69, 9.17) is 5.11 Å². The zero-order valence-corrected chi connectivity index (χ0v) is 9.16. The maximum atomic E-state index is 12.2. The van der Waals surface area contributed by atoms with Crippen LogP contribution in [0.1, 0.15) is 12.8 Å². The maximum absolute atomic E-state index is 12.2. The van der Waals surface area contributed by atoms with Gasteiger partial charge in [-0.05, 0) is 19.4 Å². The highest BCUT2D eigenvalue weighted by Gasteiger charge is 2.27. The fourth-order valence-corrected chi connectivity index (χ4v) is 1.90. The van der Waals surface area contributed by atoms with Crippen LogP contribution in [-0.2, 0) is 4.79 Å². The minimum atomic E-state index is -2.55. The third-order valence-electron chi connectivity index (χ3n) is 2.69. The number of carbonyl (C=O) groups is 1. The number of carbonyl (C=O) groups excluding carboxylic acids is 1. The Labute approximate surface area is 93.6 Å². The Morgan fingerprint density at radius 1 is 1.56 bits per heavy atom. The maximum Gasteiger partial charge on any atom is 0.255 e. The van der Waals surface area contributed by atoms with Crippen LogP contribution >= 0.6 is 0 Å². The lowest BCUT2D eigenvalue weighted by Gasteiger charge is -2.29. The molecule has 1 amide bonds. The van der Waals surface area contributed by atoms with Gasteiger partial charge in [0, 0.05) is 13.1 Å². The van der Waals surface area contributed by atoms with Crippen molar-refractivity contribution >= 4 is 5.91 Å². The van der Waals surface area contributed by atoms with Crippen LogP contribution in [0.4, 0.5) is 8.78 Å². The van der Waals surface area contributed by atoms with E-state index >= 15 is 0 Å². The first-order valence-electron chi connectivity index (χ1n) is 5.53. The summed E-state index contributed by atoms with van der Waals surface area (Å²) in [6.45, 7) is 0.538. The molecule has 1 atom stereocenters. The molecule has 0 spiro atoms. The number of piperidine rings is 1. The van der Waals surface area contributed by atoms with Gasteiger partial charge in [-0.3, -0.25) is 4.79 Å². The lowest BCUT2D eigenvalue weighted by Crippen LogP contribution is -2.45. The second kappa shape index (κ2) is 6.75. The molecule has 1 rings (SSSR count). The van der Waals surface area contributed by atoms with E-state index < -0.39 is 13.0 Å². The molecule has 1 heterocycles. The Bertz CT molecular complexity index is 221. The number of nitrogens with zero attached hydrogens (tertiary/aromatic N) is 1. The van der Waals surface area contributed by atoms with E-state index in [1.54, 1.807) is 0 Å². The summed E-state index contributed by atoms with van der Waals surface area (Å²) in [6, 6.07) is 0. The molecule has 1 aliphatic rings. The minimum absolute atomic E-state index is 0.0142. The first-order chi connectivity index (χ1) is 7.65. The average Bonchev–Trinajstić information content (AvgIpc) is 2.28. The van der Waals surface area contributed by atoms with Crippen LogP contribution in [0, 0.1) is 5.92 Å². The zero-order chi connectivity index (χ0) is 12.0. The normalized spacial score (nSPS) is 21.1. The summed E-state index contributed by atoms with van der Waals surface area (Å²) >= 11 is 0. The highest BCUT2D eigenvalue weighted by atomic mass is 19.3. The summed E-state index contributed by atoms with van der Waals surface area (Å²) in [5.41, 5.74) is 0. The van der Waals surface area contributed by atoms with E-state index in [2.05, 4.69) is 5.32 Å². The quantitative estimate of drug-likeness (QED) is 0.710. The number of halogens is 2. The van der Waals surface area contributed by atoms with Crippen molar-refractivity contribution in [3.8, 4) is 0 Å². The molecule has 0 aromatic heterocycles. The van der Waals surface area contributed by atoms with Crippen molar-refractivity contribution in [3.63, 3.8) is 0 Å². The summed E-state index contributed by atoms with van der Waals surface area (Å²) in [5, 5.41) is 11.8. The number of rotatable bonds is 5. The minimum Gasteiger partial charge on any atom is -0.395 e. The summed E-state index contributed by atoms with van der Waals surface area (Å²) in [5.74, 6) is -0.499. The van der Waals surface area contributed by atoms with Crippen molar-refractivity contribution in [2.45, 2.75) is 19.3 Å². The highest BCUT2D eigenvalue weighted by molar-refractivity contribution is 5.79. The summed E-state index contributed by atoms with van der Waals surface area (Å²) in [7, 11) is 0. The molecule has 2 N–H and O–H groups in total. The third kappa shape index (κ3) is 4.02. The average molecular weight is 236 g/mol. The van der Waals surface area contributed by atoms with Gasteiger partial charge in [-0.25, -0.2) is 8.78 Å². The molecular formula is C10H18F2N2O2. The van der Waals surface area contributed by atoms with Crippen LogP contribution < -0.4 is 5.32 Å². The molecule has 94 valence electrons. The topological polar surface area (TPSA) is 52.6 Å². The third-order valence-corrected chi connectivity index (χ3v) is 2.69. The first-order valence-corrected chi connectivity index (χ1v) is 5.53. The molecule has 1 aliphatic heterocycles. The van der Waals surface area contributed by atoms with E-state index in [0.29, 0.717) is 6.54 Å². The SMILES string of the molecule is O=C([C@H]1CCCNC1)N(CCO)CC(F)F. The van der Waals surface area contributed by atoms with Gasteiger partial charge < -0.3 is 15.3 Å². The van der Waals surface area contributed by atoms with E-state index in [1.165, 1.54) is 0 Å². The van der Waals surface area contributed by atoms with Crippen molar-refractivity contribution in [3.05, 3.63) is 0 Å². The lowest BCUT2D eigenvalue weighted by molar-refractivity contribution is -0.138. The van der Waals surface area contributed by atoms with E-state index in [-0.39, 0.29) is 25.0 Å². The highest BCUT2D eigenvalue weighted by Crippen LogP contribution is 2.14. The smallest absolute Gasteiger partial charge is 0.255 e. The molecule has 1 fully saturated rings. The van der Waals surface area contributed by atoms with Gasteiger partial charge in [-0.2, -0.15) is 0 Å². The number of aliphatic hydroxyl groups is 1. The van der Waals surface area contributed by atoms with Crippen molar-refractivity contribution < 1.29 is 18.7 Å². The second-order valence-electron chi connectivity index (χ2n) is 3.94. The Morgan fingerprint density at radius 3 is 2.81 bits per heavy atom. The van der Waals surface area contributed by atoms with Gasteiger partial charge in [0.05, 0.1) is 19.1 Å². The van der Waals surface area contributed by atoms with Gasteiger partial charge >= 0.3 is 0 Å². The summed E-state index contributed by atoms with van der Waals surface area (Å²) in [6.07, 6.45) is -0.929. The fraction of sp³-hybridized carbons (Fsp3) is 0.900. The van der Waals surface area contributed by atoms with Crippen LogP contribution in [0.2, 0.25) is 0 Å². The Balaban J connectivity index is 2.50. The van der Waals surface area contributed by atoms with Crippen molar-refractivity contribution in [2.24, 2.45) is 5.92 Å². The number of hydrogen-bond donors (Lipinski definition) is 2. The van der Waals surface area contributed by atoms with Gasteiger partial charge in [0.25, 0.3) is 6.43 Å². The number of nitrogens with one attached hydrogen (secondary N) is 1. The molecule has 4 nitrogen and oxygen atoms in total. The molecule has 0 saturated carbocycles. The monoisotopic (exact) mass is 236 g/mol. The lowest BCUT2D eigenvalue weighted by atomic mass is 9.98. The van der Waals surface area contributed by atoms with Crippen molar-refractivity contribution in [2.75, 3.05) is 32.8 Å². The molecule has 6 heteroatoms. The van der Waals surface area contributed by atoms with Crippen LogP contribution in [-0.4, -0.2) is 55.1 Å². The molecule has 0 bridgehead atoms. The van der Waals surface area contributed by atoms with Crippen molar-refractivity contribution in [1.29, 1.82) is 0 Å². The largest absolute Gasteiger partial charge is 0.395 e. The Kier molecular flexibility index (Phi) is 5.62. The van der Waals surface area contributed by atoms with Crippen LogP contribution in [0.25, 0.3) is 0 Å². The predicted octanol–water partition coefficient (Wildman–Crippen LogP) is 0.0720. The standard InChI is InChI=1S/C10H18F2N2O2/c11-9(12)7-14(4-5-15)10(16)8-2-1-3-13-6-8/h8-9,13,15H,1-7H2/t8-/m0/s1. The molecule has 1 saturated heterocycles. The molecule has 16 heavy (non-hydrogen) atoms. The summed E-state index contributed by atoms with van der Waals surface area (Å²) < 4.78 is 24.5. The van der Waals surface area contributed by atoms with E-state index in [1.807, 2.05) is 0 Å². The van der Waals surface area contributed by atoms with Crippen LogP contribution in [0.3, 0.4) is 0 Å². The molecule has 0 aromatic rings. The fourth-order valence-electron chi connectivity index (χ4n) is 1.90. The molecule has 0 aliphatic carbocycles. The van der Waals surface area contributed by atoms with Crippen molar-refractivity contribution in [1.82, 2.24) is 10.2 Å². The number of hydrogen-bond acceptors (Lipinski definition) is 3. The van der Waals surface area contributed by atoms with Gasteiger partial charge in [0.2, 0.25) is 5.91 Å². The number of alkyl halides is 2. The predicted molar refractivity (Wildman–Crippen MR) is 55.3 cm³/mol. The Morgan fingerprint density at radius 2 is 2.31 bits per heavy atom. The van der Waals surface area contributed by atoms with Crippen LogP contribution in [0.5, 0.6) is 0 Å². The van der Waals surface area contributed by atoms with Gasteiger partial charge in [0.1, 0.15) is 0 Å². The first kappa shape index (κ1) is 13.3. The molecule has 0 aromatic carbocycles. The number of aliphatic hydroxyl groups excluding tert-OH is 1. The second-order valence-corrected chi connectivity index (χ2v) is 3.94. The molecule has 0 radical (unpaired) electrons. The van der Waals surface area contributed by atoms with Gasteiger partial charge in [-0.1, -0.05) is 0 Å². The molecular weight excluding hydrogens is 218 g/mol. The van der Waals surface area contributed by atoms with E-state index in [9.17, 15) is 13.6 Å². The van der Waals surface area contributed by atoms with E-state index in [0.717, 1.165) is 24.3 Å². The number of amides is 1.